The van der Waals surface area contributed by atoms with Crippen molar-refractivity contribution in [2.45, 2.75) is 0 Å². The predicted molar refractivity (Wildman–Crippen MR) is 61.9 cm³/mol. The van der Waals surface area contributed by atoms with Gasteiger partial charge in [0.25, 0.3) is 11.8 Å². The Bertz CT molecular complexity index is 445. The monoisotopic (exact) mass is 284 g/mol. The Morgan fingerprint density at radius 2 is 1.88 bits per heavy atom. The predicted octanol–water partition coefficient (Wildman–Crippen LogP) is 0.921. The molecule has 0 spiro atoms. The molecule has 1 aromatic carbocycles. The Balaban J connectivity index is 2.45. The van der Waals surface area contributed by atoms with Crippen LogP contribution in [0.15, 0.2) is 22.7 Å². The summed E-state index contributed by atoms with van der Waals surface area (Å²) in [6.45, 7) is -0.181. The summed E-state index contributed by atoms with van der Waals surface area (Å²) in [5.74, 6) is -0.773. The molecule has 2 amide bonds. The first kappa shape index (κ1) is 11.1. The van der Waals surface area contributed by atoms with Crippen LogP contribution in [0, 0.1) is 0 Å². The molecular formula is C10H9BrN2O3. The molecule has 1 aromatic rings. The molecule has 0 radical (unpaired) electrons. The molecular weight excluding hydrogens is 276 g/mol. The third kappa shape index (κ3) is 1.94. The molecule has 84 valence electrons. The molecule has 0 unspecified atom stereocenters. The number of carbonyl (C=O) groups excluding carboxylic acids is 2. The second kappa shape index (κ2) is 4.23. The van der Waals surface area contributed by atoms with Crippen LogP contribution in [0.1, 0.15) is 0 Å². The number of hydrogen-bond acceptors (Lipinski definition) is 4. The van der Waals surface area contributed by atoms with Gasteiger partial charge in [-0.15, -0.1) is 0 Å². The molecule has 0 bridgehead atoms. The SMILES string of the molecule is Nc1ccc(Br)c(N2C(=O)COCC2=O)c1. The van der Waals surface area contributed by atoms with Gasteiger partial charge in [0.2, 0.25) is 0 Å². The van der Waals surface area contributed by atoms with Gasteiger partial charge in [-0.1, -0.05) is 0 Å². The number of imide groups is 1. The number of anilines is 2. The van der Waals surface area contributed by atoms with E-state index < -0.39 is 0 Å². The zero-order chi connectivity index (χ0) is 11.7. The van der Waals surface area contributed by atoms with Crippen LogP contribution in [0.4, 0.5) is 11.4 Å². The molecule has 16 heavy (non-hydrogen) atoms. The van der Waals surface area contributed by atoms with Crippen molar-refractivity contribution >= 4 is 39.1 Å². The molecule has 0 aliphatic carbocycles. The first-order valence-corrected chi connectivity index (χ1v) is 5.37. The van der Waals surface area contributed by atoms with E-state index in [0.717, 1.165) is 4.90 Å². The number of carbonyl (C=O) groups is 2. The summed E-state index contributed by atoms with van der Waals surface area (Å²) in [6.07, 6.45) is 0. The molecule has 1 aliphatic rings. The number of benzene rings is 1. The number of rotatable bonds is 1. The van der Waals surface area contributed by atoms with E-state index >= 15 is 0 Å². The van der Waals surface area contributed by atoms with Gasteiger partial charge >= 0.3 is 0 Å². The number of halogens is 1. The highest BCUT2D eigenvalue weighted by Gasteiger charge is 2.29. The smallest absolute Gasteiger partial charge is 0.259 e. The number of nitrogens with two attached hydrogens (primary N) is 1. The Hall–Kier alpha value is -1.40. The van der Waals surface area contributed by atoms with Gasteiger partial charge in [-0.25, -0.2) is 4.90 Å². The van der Waals surface area contributed by atoms with E-state index in [1.54, 1.807) is 18.2 Å². The van der Waals surface area contributed by atoms with Crippen LogP contribution in [0.3, 0.4) is 0 Å². The van der Waals surface area contributed by atoms with E-state index in [-0.39, 0.29) is 25.0 Å². The third-order valence-corrected chi connectivity index (χ3v) is 2.83. The molecule has 2 N–H and O–H groups in total. The second-order valence-corrected chi connectivity index (χ2v) is 4.18. The molecule has 5 nitrogen and oxygen atoms in total. The molecule has 0 atom stereocenters. The van der Waals surface area contributed by atoms with Crippen molar-refractivity contribution in [2.75, 3.05) is 23.8 Å². The summed E-state index contributed by atoms with van der Waals surface area (Å²) >= 11 is 3.28. The minimum atomic E-state index is -0.387. The molecule has 1 fully saturated rings. The van der Waals surface area contributed by atoms with Gasteiger partial charge in [0.1, 0.15) is 13.2 Å². The number of amides is 2. The van der Waals surface area contributed by atoms with Gasteiger partial charge in [-0.05, 0) is 34.1 Å². The summed E-state index contributed by atoms with van der Waals surface area (Å²) in [4.78, 5) is 24.3. The molecule has 0 saturated carbocycles. The van der Waals surface area contributed by atoms with Crippen LogP contribution in [-0.4, -0.2) is 25.0 Å². The average molecular weight is 285 g/mol. The number of hydrogen-bond donors (Lipinski definition) is 1. The van der Waals surface area contributed by atoms with Crippen molar-refractivity contribution in [1.29, 1.82) is 0 Å². The maximum Gasteiger partial charge on any atom is 0.259 e. The molecule has 1 aliphatic heterocycles. The zero-order valence-electron chi connectivity index (χ0n) is 8.27. The lowest BCUT2D eigenvalue weighted by molar-refractivity contribution is -0.138. The van der Waals surface area contributed by atoms with Crippen molar-refractivity contribution in [2.24, 2.45) is 0 Å². The largest absolute Gasteiger partial charge is 0.399 e. The summed E-state index contributed by atoms with van der Waals surface area (Å²) in [7, 11) is 0. The lowest BCUT2D eigenvalue weighted by atomic mass is 10.2. The van der Waals surface area contributed by atoms with Crippen molar-refractivity contribution < 1.29 is 14.3 Å². The number of morpholine rings is 1. The van der Waals surface area contributed by atoms with E-state index in [9.17, 15) is 9.59 Å². The lowest BCUT2D eigenvalue weighted by Gasteiger charge is -2.25. The third-order valence-electron chi connectivity index (χ3n) is 2.16. The highest BCUT2D eigenvalue weighted by molar-refractivity contribution is 9.10. The topological polar surface area (TPSA) is 72.6 Å². The lowest BCUT2D eigenvalue weighted by Crippen LogP contribution is -2.46. The van der Waals surface area contributed by atoms with Gasteiger partial charge in [0, 0.05) is 10.2 Å². The van der Waals surface area contributed by atoms with E-state index in [1.165, 1.54) is 0 Å². The summed E-state index contributed by atoms with van der Waals surface area (Å²) < 4.78 is 5.47. The molecule has 0 aromatic heterocycles. The van der Waals surface area contributed by atoms with Gasteiger partial charge in [0.15, 0.2) is 0 Å². The molecule has 1 saturated heterocycles. The maximum atomic E-state index is 11.6. The van der Waals surface area contributed by atoms with E-state index in [0.29, 0.717) is 15.8 Å². The van der Waals surface area contributed by atoms with Crippen molar-refractivity contribution in [3.8, 4) is 0 Å². The van der Waals surface area contributed by atoms with Crippen LogP contribution in [0.25, 0.3) is 0 Å². The Morgan fingerprint density at radius 3 is 2.50 bits per heavy atom. The highest BCUT2D eigenvalue weighted by Crippen LogP contribution is 2.29. The fraction of sp³-hybridized carbons (Fsp3) is 0.200. The van der Waals surface area contributed by atoms with E-state index in [4.69, 9.17) is 10.5 Å². The van der Waals surface area contributed by atoms with Gasteiger partial charge in [0.05, 0.1) is 5.69 Å². The average Bonchev–Trinajstić information content (AvgIpc) is 2.23. The molecule has 1 heterocycles. The van der Waals surface area contributed by atoms with Crippen LogP contribution >= 0.6 is 15.9 Å². The van der Waals surface area contributed by atoms with E-state index in [1.807, 2.05) is 0 Å². The normalized spacial score (nSPS) is 16.7. The second-order valence-electron chi connectivity index (χ2n) is 3.33. The van der Waals surface area contributed by atoms with Crippen molar-refractivity contribution in [1.82, 2.24) is 0 Å². The van der Waals surface area contributed by atoms with Crippen LogP contribution in [0.2, 0.25) is 0 Å². The first-order chi connectivity index (χ1) is 7.59. The highest BCUT2D eigenvalue weighted by atomic mass is 79.9. The van der Waals surface area contributed by atoms with E-state index in [2.05, 4.69) is 15.9 Å². The number of nitrogens with zero attached hydrogens (tertiary/aromatic N) is 1. The summed E-state index contributed by atoms with van der Waals surface area (Å²) in [5.41, 5.74) is 6.57. The maximum absolute atomic E-state index is 11.6. The minimum Gasteiger partial charge on any atom is -0.399 e. The summed E-state index contributed by atoms with van der Waals surface area (Å²) in [6, 6.07) is 4.95. The van der Waals surface area contributed by atoms with Crippen LogP contribution in [-0.2, 0) is 14.3 Å². The molecule has 2 rings (SSSR count). The first-order valence-electron chi connectivity index (χ1n) is 4.58. The minimum absolute atomic E-state index is 0.0903. The van der Waals surface area contributed by atoms with Crippen LogP contribution < -0.4 is 10.6 Å². The number of ether oxygens (including phenoxy) is 1. The standard InChI is InChI=1S/C10H9BrN2O3/c11-7-2-1-6(12)3-8(7)13-9(14)4-16-5-10(13)15/h1-3H,4-5,12H2. The quantitative estimate of drug-likeness (QED) is 0.615. The van der Waals surface area contributed by atoms with Crippen LogP contribution in [0.5, 0.6) is 0 Å². The van der Waals surface area contributed by atoms with Gasteiger partial charge < -0.3 is 10.5 Å². The van der Waals surface area contributed by atoms with Crippen molar-refractivity contribution in [3.05, 3.63) is 22.7 Å². The Kier molecular flexibility index (Phi) is 2.93. The van der Waals surface area contributed by atoms with Gasteiger partial charge in [-0.3, -0.25) is 9.59 Å². The molecule has 6 heteroatoms. The Labute approximate surface area is 100 Å². The number of nitrogen functional groups attached to an aromatic ring is 1. The zero-order valence-corrected chi connectivity index (χ0v) is 9.86. The fourth-order valence-electron chi connectivity index (χ4n) is 1.46. The fourth-order valence-corrected chi connectivity index (χ4v) is 1.89. The van der Waals surface area contributed by atoms with Gasteiger partial charge in [-0.2, -0.15) is 0 Å². The Morgan fingerprint density at radius 1 is 1.25 bits per heavy atom. The summed E-state index contributed by atoms with van der Waals surface area (Å²) in [5, 5.41) is 0. The van der Waals surface area contributed by atoms with Crippen molar-refractivity contribution in [3.63, 3.8) is 0 Å².